The third-order valence-electron chi connectivity index (χ3n) is 2.45. The number of aromatic nitrogens is 1. The number of hydrogen-bond donors (Lipinski definition) is 2. The lowest BCUT2D eigenvalue weighted by molar-refractivity contribution is 0.501. The highest BCUT2D eigenvalue weighted by molar-refractivity contribution is 6.30. The molecule has 3 nitrogen and oxygen atoms in total. The minimum absolute atomic E-state index is 0.618. The van der Waals surface area contributed by atoms with E-state index in [-0.39, 0.29) is 0 Å². The molecule has 0 aliphatic rings. The molecule has 0 spiro atoms. The van der Waals surface area contributed by atoms with Crippen molar-refractivity contribution < 1.29 is 0 Å². The Balaban J connectivity index is 2.38. The third-order valence-corrected chi connectivity index (χ3v) is 2.68. The summed E-state index contributed by atoms with van der Waals surface area (Å²) in [5.74, 6) is 1.49. The highest BCUT2D eigenvalue weighted by Gasteiger charge is 2.04. The van der Waals surface area contributed by atoms with Crippen molar-refractivity contribution in [3.8, 4) is 0 Å². The standard InChI is InChI=1S/C11H18ClN3/c1-2-9(5-6-13)7-14-11-4-3-10(12)8-15-11/h3-4,8-9H,2,5-7,13H2,1H3,(H,14,15). The molecule has 0 radical (unpaired) electrons. The van der Waals surface area contributed by atoms with Crippen molar-refractivity contribution >= 4 is 17.4 Å². The topological polar surface area (TPSA) is 50.9 Å². The first-order valence-corrected chi connectivity index (χ1v) is 5.69. The lowest BCUT2D eigenvalue weighted by Gasteiger charge is -2.14. The van der Waals surface area contributed by atoms with E-state index >= 15 is 0 Å². The normalized spacial score (nSPS) is 12.5. The van der Waals surface area contributed by atoms with Crippen molar-refractivity contribution in [1.29, 1.82) is 0 Å². The summed E-state index contributed by atoms with van der Waals surface area (Å²) in [6.45, 7) is 3.84. The maximum Gasteiger partial charge on any atom is 0.125 e. The Bertz CT molecular complexity index is 274. The van der Waals surface area contributed by atoms with E-state index in [4.69, 9.17) is 17.3 Å². The van der Waals surface area contributed by atoms with Gasteiger partial charge in [-0.15, -0.1) is 0 Å². The van der Waals surface area contributed by atoms with E-state index in [1.54, 1.807) is 6.20 Å². The first kappa shape index (κ1) is 12.3. The summed E-state index contributed by atoms with van der Waals surface area (Å²) in [6, 6.07) is 3.72. The Hall–Kier alpha value is -0.800. The van der Waals surface area contributed by atoms with Gasteiger partial charge in [-0.05, 0) is 31.0 Å². The van der Waals surface area contributed by atoms with Crippen molar-refractivity contribution in [2.45, 2.75) is 19.8 Å². The summed E-state index contributed by atoms with van der Waals surface area (Å²) >= 11 is 5.74. The lowest BCUT2D eigenvalue weighted by atomic mass is 10.0. The average Bonchev–Trinajstić information content (AvgIpc) is 2.26. The molecule has 1 aromatic rings. The van der Waals surface area contributed by atoms with E-state index in [2.05, 4.69) is 17.2 Å². The number of rotatable bonds is 6. The number of pyridine rings is 1. The largest absolute Gasteiger partial charge is 0.370 e. The predicted molar refractivity (Wildman–Crippen MR) is 65.2 cm³/mol. The molecule has 0 fully saturated rings. The number of nitrogens with one attached hydrogen (secondary N) is 1. The molecule has 0 saturated carbocycles. The summed E-state index contributed by atoms with van der Waals surface area (Å²) in [5.41, 5.74) is 5.53. The van der Waals surface area contributed by atoms with Crippen LogP contribution in [0.1, 0.15) is 19.8 Å². The van der Waals surface area contributed by atoms with Gasteiger partial charge in [-0.1, -0.05) is 24.9 Å². The number of nitrogens with two attached hydrogens (primary N) is 1. The first-order chi connectivity index (χ1) is 7.26. The number of anilines is 1. The van der Waals surface area contributed by atoms with Gasteiger partial charge in [0.05, 0.1) is 5.02 Å². The molecule has 84 valence electrons. The molecular formula is C11H18ClN3. The van der Waals surface area contributed by atoms with Crippen LogP contribution in [0, 0.1) is 5.92 Å². The quantitative estimate of drug-likeness (QED) is 0.785. The highest BCUT2D eigenvalue weighted by Crippen LogP contribution is 2.12. The summed E-state index contributed by atoms with van der Waals surface area (Å²) < 4.78 is 0. The van der Waals surface area contributed by atoms with Crippen LogP contribution >= 0.6 is 11.6 Å². The molecule has 3 N–H and O–H groups in total. The summed E-state index contributed by atoms with van der Waals surface area (Å²) in [7, 11) is 0. The summed E-state index contributed by atoms with van der Waals surface area (Å²) in [4.78, 5) is 4.17. The zero-order valence-electron chi connectivity index (χ0n) is 9.04. The molecule has 1 heterocycles. The SMILES string of the molecule is CCC(CCN)CNc1ccc(Cl)cn1. The van der Waals surface area contributed by atoms with E-state index < -0.39 is 0 Å². The van der Waals surface area contributed by atoms with Gasteiger partial charge in [0.15, 0.2) is 0 Å². The van der Waals surface area contributed by atoms with Crippen LogP contribution in [0.5, 0.6) is 0 Å². The minimum atomic E-state index is 0.618. The Morgan fingerprint density at radius 2 is 2.33 bits per heavy atom. The van der Waals surface area contributed by atoms with Crippen molar-refractivity contribution in [3.05, 3.63) is 23.4 Å². The molecule has 0 aliphatic heterocycles. The van der Waals surface area contributed by atoms with Crippen LogP contribution in [0.15, 0.2) is 18.3 Å². The molecule has 1 atom stereocenters. The van der Waals surface area contributed by atoms with Crippen molar-refractivity contribution in [3.63, 3.8) is 0 Å². The van der Waals surface area contributed by atoms with E-state index in [9.17, 15) is 0 Å². The highest BCUT2D eigenvalue weighted by atomic mass is 35.5. The average molecular weight is 228 g/mol. The van der Waals surface area contributed by atoms with E-state index in [0.717, 1.165) is 31.7 Å². The Labute approximate surface area is 96.0 Å². The second-order valence-corrected chi connectivity index (χ2v) is 4.03. The van der Waals surface area contributed by atoms with Gasteiger partial charge < -0.3 is 11.1 Å². The molecule has 4 heteroatoms. The molecule has 0 aliphatic carbocycles. The second kappa shape index (κ2) is 6.64. The molecule has 0 amide bonds. The summed E-state index contributed by atoms with van der Waals surface area (Å²) in [6.07, 6.45) is 3.84. The minimum Gasteiger partial charge on any atom is -0.370 e. The van der Waals surface area contributed by atoms with Gasteiger partial charge >= 0.3 is 0 Å². The van der Waals surface area contributed by atoms with Crippen LogP contribution in [0.3, 0.4) is 0 Å². The molecule has 0 aromatic carbocycles. The van der Waals surface area contributed by atoms with E-state index in [1.807, 2.05) is 12.1 Å². The van der Waals surface area contributed by atoms with Crippen molar-refractivity contribution in [1.82, 2.24) is 4.98 Å². The predicted octanol–water partition coefficient (Wildman–Crippen LogP) is 2.52. The summed E-state index contributed by atoms with van der Waals surface area (Å²) in [5, 5.41) is 3.94. The van der Waals surface area contributed by atoms with Gasteiger partial charge in [0, 0.05) is 12.7 Å². The maximum absolute atomic E-state index is 5.74. The van der Waals surface area contributed by atoms with E-state index in [0.29, 0.717) is 10.9 Å². The molecule has 1 unspecified atom stereocenters. The van der Waals surface area contributed by atoms with Gasteiger partial charge in [-0.25, -0.2) is 4.98 Å². The van der Waals surface area contributed by atoms with Crippen molar-refractivity contribution in [2.24, 2.45) is 11.7 Å². The zero-order chi connectivity index (χ0) is 11.1. The van der Waals surface area contributed by atoms with Crippen LogP contribution in [0.2, 0.25) is 5.02 Å². The smallest absolute Gasteiger partial charge is 0.125 e. The molecule has 0 bridgehead atoms. The number of nitrogens with zero attached hydrogens (tertiary/aromatic N) is 1. The van der Waals surface area contributed by atoms with Crippen LogP contribution in [0.25, 0.3) is 0 Å². The van der Waals surface area contributed by atoms with Crippen molar-refractivity contribution in [2.75, 3.05) is 18.4 Å². The van der Waals surface area contributed by atoms with E-state index in [1.165, 1.54) is 0 Å². The van der Waals surface area contributed by atoms with Gasteiger partial charge in [-0.3, -0.25) is 0 Å². The van der Waals surface area contributed by atoms with Gasteiger partial charge in [0.2, 0.25) is 0 Å². The Kier molecular flexibility index (Phi) is 5.43. The Morgan fingerprint density at radius 1 is 1.53 bits per heavy atom. The molecular weight excluding hydrogens is 210 g/mol. The Morgan fingerprint density at radius 3 is 2.87 bits per heavy atom. The molecule has 1 rings (SSSR count). The third kappa shape index (κ3) is 4.49. The first-order valence-electron chi connectivity index (χ1n) is 5.31. The van der Waals surface area contributed by atoms with Crippen LogP contribution in [0.4, 0.5) is 5.82 Å². The fourth-order valence-electron chi connectivity index (χ4n) is 1.42. The van der Waals surface area contributed by atoms with Crippen LogP contribution in [-0.2, 0) is 0 Å². The number of halogens is 1. The second-order valence-electron chi connectivity index (χ2n) is 3.59. The maximum atomic E-state index is 5.74. The lowest BCUT2D eigenvalue weighted by Crippen LogP contribution is -2.17. The monoisotopic (exact) mass is 227 g/mol. The van der Waals surface area contributed by atoms with Gasteiger partial charge in [0.25, 0.3) is 0 Å². The van der Waals surface area contributed by atoms with Crippen LogP contribution in [-0.4, -0.2) is 18.1 Å². The van der Waals surface area contributed by atoms with Gasteiger partial charge in [0.1, 0.15) is 5.82 Å². The zero-order valence-corrected chi connectivity index (χ0v) is 9.80. The number of hydrogen-bond acceptors (Lipinski definition) is 3. The molecule has 1 aromatic heterocycles. The molecule has 15 heavy (non-hydrogen) atoms. The van der Waals surface area contributed by atoms with Gasteiger partial charge in [-0.2, -0.15) is 0 Å². The van der Waals surface area contributed by atoms with Crippen LogP contribution < -0.4 is 11.1 Å². The fraction of sp³-hybridized carbons (Fsp3) is 0.545. The molecule has 0 saturated heterocycles. The fourth-order valence-corrected chi connectivity index (χ4v) is 1.53.